The van der Waals surface area contributed by atoms with Crippen LogP contribution in [0.25, 0.3) is 0 Å². The van der Waals surface area contributed by atoms with Gasteiger partial charge in [0.05, 0.1) is 35.1 Å². The quantitative estimate of drug-likeness (QED) is 0.547. The third-order valence-corrected chi connectivity index (χ3v) is 5.86. The Kier molecular flexibility index (Phi) is 8.20. The van der Waals surface area contributed by atoms with E-state index in [9.17, 15) is 19.5 Å². The molecule has 2 aromatic rings. The lowest BCUT2D eigenvalue weighted by Crippen LogP contribution is -2.42. The van der Waals surface area contributed by atoms with E-state index in [1.54, 1.807) is 24.3 Å². The Morgan fingerprint density at radius 3 is 1.50 bits per heavy atom. The van der Waals surface area contributed by atoms with Crippen LogP contribution in [-0.2, 0) is 22.4 Å². The lowest BCUT2D eigenvalue weighted by Gasteiger charge is -2.17. The lowest BCUT2D eigenvalue weighted by atomic mass is 9.94. The normalized spacial score (nSPS) is 16.8. The van der Waals surface area contributed by atoms with Crippen LogP contribution in [0.4, 0.5) is 4.79 Å². The smallest absolute Gasteiger partial charge is 0.407 e. The number of carbonyl (C=O) groups is 3. The number of carboxylic acid groups (broad SMARTS) is 1. The summed E-state index contributed by atoms with van der Waals surface area (Å²) in [5.41, 5.74) is 3.02. The molecule has 2 atom stereocenters. The largest absolute Gasteiger partial charge is 0.465 e. The van der Waals surface area contributed by atoms with Gasteiger partial charge < -0.3 is 20.6 Å². The minimum atomic E-state index is -1.16. The van der Waals surface area contributed by atoms with E-state index in [-0.39, 0.29) is 24.9 Å². The van der Waals surface area contributed by atoms with E-state index in [4.69, 9.17) is 10.5 Å². The summed E-state index contributed by atoms with van der Waals surface area (Å²) in [4.78, 5) is 38.1. The zero-order valence-electron chi connectivity index (χ0n) is 18.5. The third-order valence-electron chi connectivity index (χ3n) is 5.86. The summed E-state index contributed by atoms with van der Waals surface area (Å²) in [7, 11) is 0. The predicted molar refractivity (Wildman–Crippen MR) is 122 cm³/mol. The van der Waals surface area contributed by atoms with Gasteiger partial charge in [-0.15, -0.1) is 0 Å². The van der Waals surface area contributed by atoms with Gasteiger partial charge in [-0.1, -0.05) is 24.3 Å². The van der Waals surface area contributed by atoms with E-state index < -0.39 is 17.9 Å². The zero-order valence-corrected chi connectivity index (χ0v) is 18.5. The molecule has 34 heavy (non-hydrogen) atoms. The van der Waals surface area contributed by atoms with Crippen LogP contribution in [0, 0.1) is 34.5 Å². The molecule has 1 saturated heterocycles. The molecule has 0 spiro atoms. The fourth-order valence-corrected chi connectivity index (χ4v) is 3.91. The van der Waals surface area contributed by atoms with Crippen molar-refractivity contribution >= 4 is 17.9 Å². The van der Waals surface area contributed by atoms with Gasteiger partial charge in [-0.3, -0.25) is 9.59 Å². The highest BCUT2D eigenvalue weighted by atomic mass is 16.4. The summed E-state index contributed by atoms with van der Waals surface area (Å²) in [6, 6.07) is 18.2. The van der Waals surface area contributed by atoms with Crippen molar-refractivity contribution in [2.24, 2.45) is 11.8 Å². The number of rotatable bonds is 8. The average molecular weight is 460 g/mol. The van der Waals surface area contributed by atoms with Gasteiger partial charge in [0.1, 0.15) is 0 Å². The van der Waals surface area contributed by atoms with Gasteiger partial charge in [0.2, 0.25) is 11.8 Å². The molecule has 174 valence electrons. The zero-order chi connectivity index (χ0) is 24.5. The van der Waals surface area contributed by atoms with Crippen molar-refractivity contribution in [3.8, 4) is 12.1 Å². The summed E-state index contributed by atoms with van der Waals surface area (Å²) < 4.78 is 0. The summed E-state index contributed by atoms with van der Waals surface area (Å²) in [5, 5.41) is 32.7. The van der Waals surface area contributed by atoms with Gasteiger partial charge in [0.25, 0.3) is 0 Å². The van der Waals surface area contributed by atoms with Gasteiger partial charge in [-0.25, -0.2) is 4.79 Å². The summed E-state index contributed by atoms with van der Waals surface area (Å²) in [6.45, 7) is 0.597. The summed E-state index contributed by atoms with van der Waals surface area (Å²) in [6.07, 6.45) is -0.0639. The highest BCUT2D eigenvalue weighted by Gasteiger charge is 2.43. The van der Waals surface area contributed by atoms with Crippen LogP contribution >= 0.6 is 0 Å². The van der Waals surface area contributed by atoms with Gasteiger partial charge >= 0.3 is 6.09 Å². The molecule has 3 amide bonds. The molecule has 0 aliphatic carbocycles. The van der Waals surface area contributed by atoms with E-state index in [2.05, 4.69) is 22.8 Å². The second-order valence-corrected chi connectivity index (χ2v) is 8.10. The van der Waals surface area contributed by atoms with E-state index in [1.165, 1.54) is 0 Å². The molecule has 1 aliphatic heterocycles. The maximum atomic E-state index is 12.8. The van der Waals surface area contributed by atoms with Crippen LogP contribution < -0.4 is 10.6 Å². The first-order valence-corrected chi connectivity index (χ1v) is 10.9. The number of nitrogens with zero attached hydrogens (tertiary/aromatic N) is 3. The molecular formula is C25H25N5O4. The van der Waals surface area contributed by atoms with E-state index in [1.807, 2.05) is 24.3 Å². The summed E-state index contributed by atoms with van der Waals surface area (Å²) >= 11 is 0. The topological polar surface area (TPSA) is 146 Å². The molecule has 3 N–H and O–H groups in total. The fourth-order valence-electron chi connectivity index (χ4n) is 3.91. The standard InChI is InChI=1S/C25H25N5O4/c26-13-19-5-1-17(2-6-19)9-11-28-23(31)21-15-30(25(33)34)16-22(21)24(32)29-12-10-18-3-7-20(14-27)8-4-18/h1-8,21-22H,9-12,15-16H2,(H,28,31)(H,29,32)(H,33,34). The number of benzene rings is 2. The molecular weight excluding hydrogens is 434 g/mol. The van der Waals surface area contributed by atoms with Crippen molar-refractivity contribution < 1.29 is 19.5 Å². The predicted octanol–water partition coefficient (Wildman–Crippen LogP) is 1.67. The number of carbonyl (C=O) groups excluding carboxylic acids is 2. The molecule has 2 aromatic carbocycles. The van der Waals surface area contributed by atoms with Crippen molar-refractivity contribution in [1.82, 2.24) is 15.5 Å². The number of hydrogen-bond donors (Lipinski definition) is 3. The Bertz CT molecular complexity index is 1030. The van der Waals surface area contributed by atoms with Crippen molar-refractivity contribution in [1.29, 1.82) is 10.5 Å². The Labute approximate surface area is 197 Å². The lowest BCUT2D eigenvalue weighted by molar-refractivity contribution is -0.132. The van der Waals surface area contributed by atoms with Crippen LogP contribution in [0.15, 0.2) is 48.5 Å². The maximum absolute atomic E-state index is 12.8. The number of nitriles is 2. The van der Waals surface area contributed by atoms with Crippen LogP contribution in [-0.4, -0.2) is 54.1 Å². The summed E-state index contributed by atoms with van der Waals surface area (Å²) in [5.74, 6) is -2.26. The first-order valence-electron chi connectivity index (χ1n) is 10.9. The molecule has 9 heteroatoms. The van der Waals surface area contributed by atoms with Crippen LogP contribution in [0.1, 0.15) is 22.3 Å². The first kappa shape index (κ1) is 24.3. The Hall–Kier alpha value is -4.37. The maximum Gasteiger partial charge on any atom is 0.407 e. The van der Waals surface area contributed by atoms with Gasteiger partial charge in [-0.2, -0.15) is 10.5 Å². The molecule has 0 saturated carbocycles. The third kappa shape index (κ3) is 6.33. The second-order valence-electron chi connectivity index (χ2n) is 8.10. The molecule has 3 rings (SSSR count). The highest BCUT2D eigenvalue weighted by molar-refractivity contribution is 5.89. The fraction of sp³-hybridized carbons (Fsp3) is 0.320. The molecule has 0 radical (unpaired) electrons. The van der Waals surface area contributed by atoms with Gasteiger partial charge in [-0.05, 0) is 48.2 Å². The molecule has 9 nitrogen and oxygen atoms in total. The molecule has 0 bridgehead atoms. The number of hydrogen-bond acceptors (Lipinski definition) is 5. The van der Waals surface area contributed by atoms with Crippen molar-refractivity contribution in [3.05, 3.63) is 70.8 Å². The van der Waals surface area contributed by atoms with Crippen LogP contribution in [0.3, 0.4) is 0 Å². The Balaban J connectivity index is 1.53. The minimum Gasteiger partial charge on any atom is -0.465 e. The monoisotopic (exact) mass is 459 g/mol. The van der Waals surface area contributed by atoms with Crippen molar-refractivity contribution in [2.75, 3.05) is 26.2 Å². The van der Waals surface area contributed by atoms with Gasteiger partial charge in [0, 0.05) is 26.2 Å². The van der Waals surface area contributed by atoms with Crippen molar-refractivity contribution in [2.45, 2.75) is 12.8 Å². The second kappa shape index (κ2) is 11.5. The molecule has 1 aliphatic rings. The highest BCUT2D eigenvalue weighted by Crippen LogP contribution is 2.24. The van der Waals surface area contributed by atoms with E-state index in [0.717, 1.165) is 16.0 Å². The SMILES string of the molecule is N#Cc1ccc(CCNC(=O)C2CN(C(=O)O)CC2C(=O)NCCc2ccc(C#N)cc2)cc1. The minimum absolute atomic E-state index is 0.0360. The van der Waals surface area contributed by atoms with Crippen molar-refractivity contribution in [3.63, 3.8) is 0 Å². The van der Waals surface area contributed by atoms with E-state index >= 15 is 0 Å². The Morgan fingerprint density at radius 2 is 1.18 bits per heavy atom. The average Bonchev–Trinajstić information content (AvgIpc) is 3.31. The molecule has 2 unspecified atom stereocenters. The van der Waals surface area contributed by atoms with E-state index in [0.29, 0.717) is 37.1 Å². The van der Waals surface area contributed by atoms with Crippen LogP contribution in [0.2, 0.25) is 0 Å². The number of amides is 3. The molecule has 0 aromatic heterocycles. The van der Waals surface area contributed by atoms with Gasteiger partial charge in [0.15, 0.2) is 0 Å². The number of nitrogens with one attached hydrogen (secondary N) is 2. The first-order chi connectivity index (χ1) is 16.4. The Morgan fingerprint density at radius 1 is 0.794 bits per heavy atom. The number of likely N-dealkylation sites (tertiary alicyclic amines) is 1. The molecule has 1 fully saturated rings. The molecule has 1 heterocycles. The van der Waals surface area contributed by atoms with Crippen LogP contribution in [0.5, 0.6) is 0 Å².